The maximum absolute atomic E-state index is 8.84. The number of hydrogen-bond donors (Lipinski definition) is 1. The fraction of sp³-hybridized carbons (Fsp3) is 0.154. The lowest BCUT2D eigenvalue weighted by Crippen LogP contribution is -1.99. The Morgan fingerprint density at radius 1 is 1.22 bits per heavy atom. The maximum Gasteiger partial charge on any atom is 0.146 e. The summed E-state index contributed by atoms with van der Waals surface area (Å²) >= 11 is 0. The summed E-state index contributed by atoms with van der Waals surface area (Å²) < 4.78 is 5.08. The van der Waals surface area contributed by atoms with Crippen molar-refractivity contribution in [2.75, 3.05) is 12.4 Å². The van der Waals surface area contributed by atoms with E-state index in [9.17, 15) is 0 Å². The van der Waals surface area contributed by atoms with Crippen LogP contribution in [0.2, 0.25) is 0 Å². The lowest BCUT2D eigenvalue weighted by Gasteiger charge is -2.07. The van der Waals surface area contributed by atoms with Crippen LogP contribution in [0, 0.1) is 18.3 Å². The van der Waals surface area contributed by atoms with Gasteiger partial charge in [-0.3, -0.25) is 0 Å². The molecule has 1 heterocycles. The van der Waals surface area contributed by atoms with Crippen LogP contribution in [0.15, 0.2) is 30.3 Å². The van der Waals surface area contributed by atoms with Crippen molar-refractivity contribution in [1.29, 1.82) is 5.26 Å². The van der Waals surface area contributed by atoms with Gasteiger partial charge in [-0.1, -0.05) is 0 Å². The summed E-state index contributed by atoms with van der Waals surface area (Å²) in [5.74, 6) is 1.95. The molecular weight excluding hydrogens is 228 g/mol. The fourth-order valence-corrected chi connectivity index (χ4v) is 1.51. The fourth-order valence-electron chi connectivity index (χ4n) is 1.51. The molecule has 0 bridgehead atoms. The average Bonchev–Trinajstić information content (AvgIpc) is 2.39. The third kappa shape index (κ3) is 2.74. The molecule has 5 heteroatoms. The molecule has 0 aliphatic heterocycles. The van der Waals surface area contributed by atoms with Gasteiger partial charge in [0.2, 0.25) is 0 Å². The highest BCUT2D eigenvalue weighted by Crippen LogP contribution is 2.18. The molecular formula is C13H12N4O. The molecule has 5 nitrogen and oxygen atoms in total. The van der Waals surface area contributed by atoms with Gasteiger partial charge in [0.25, 0.3) is 0 Å². The number of benzene rings is 1. The second-order valence-corrected chi connectivity index (χ2v) is 3.65. The Balaban J connectivity index is 2.22. The molecule has 0 saturated carbocycles. The lowest BCUT2D eigenvalue weighted by atomic mass is 10.3. The highest BCUT2D eigenvalue weighted by molar-refractivity contribution is 5.57. The van der Waals surface area contributed by atoms with Crippen molar-refractivity contribution in [1.82, 2.24) is 9.97 Å². The van der Waals surface area contributed by atoms with Crippen molar-refractivity contribution in [2.45, 2.75) is 6.92 Å². The molecule has 1 aromatic carbocycles. The van der Waals surface area contributed by atoms with Crippen molar-refractivity contribution in [3.05, 3.63) is 41.9 Å². The van der Waals surface area contributed by atoms with Crippen LogP contribution in [0.5, 0.6) is 5.75 Å². The zero-order chi connectivity index (χ0) is 13.0. The summed E-state index contributed by atoms with van der Waals surface area (Å²) in [7, 11) is 1.62. The van der Waals surface area contributed by atoms with E-state index in [1.807, 2.05) is 30.3 Å². The van der Waals surface area contributed by atoms with Crippen LogP contribution in [0.3, 0.4) is 0 Å². The summed E-state index contributed by atoms with van der Waals surface area (Å²) in [6.07, 6.45) is 0. The van der Waals surface area contributed by atoms with E-state index in [1.165, 1.54) is 0 Å². The molecule has 0 aliphatic carbocycles. The van der Waals surface area contributed by atoms with Crippen LogP contribution in [-0.2, 0) is 0 Å². The third-order valence-electron chi connectivity index (χ3n) is 2.31. The Kier molecular flexibility index (Phi) is 3.39. The van der Waals surface area contributed by atoms with E-state index in [0.717, 1.165) is 11.4 Å². The largest absolute Gasteiger partial charge is 0.497 e. The van der Waals surface area contributed by atoms with Crippen molar-refractivity contribution in [3.8, 4) is 11.8 Å². The minimum absolute atomic E-state index is 0.346. The van der Waals surface area contributed by atoms with Gasteiger partial charge in [-0.25, -0.2) is 9.97 Å². The molecule has 0 atom stereocenters. The van der Waals surface area contributed by atoms with Gasteiger partial charge in [0, 0.05) is 11.8 Å². The van der Waals surface area contributed by atoms with E-state index in [1.54, 1.807) is 20.1 Å². The number of nitrogens with zero attached hydrogens (tertiary/aromatic N) is 3. The summed E-state index contributed by atoms with van der Waals surface area (Å²) in [5, 5.41) is 11.9. The molecule has 0 spiro atoms. The zero-order valence-corrected chi connectivity index (χ0v) is 10.1. The van der Waals surface area contributed by atoms with E-state index in [2.05, 4.69) is 15.3 Å². The lowest BCUT2D eigenvalue weighted by molar-refractivity contribution is 0.415. The standard InChI is InChI=1S/C13H12N4O/c1-9-15-11(8-14)7-13(16-9)17-10-3-5-12(18-2)6-4-10/h3-7H,1-2H3,(H,15,16,17). The van der Waals surface area contributed by atoms with Crippen LogP contribution < -0.4 is 10.1 Å². The van der Waals surface area contributed by atoms with Crippen LogP contribution in [-0.4, -0.2) is 17.1 Å². The molecule has 18 heavy (non-hydrogen) atoms. The van der Waals surface area contributed by atoms with Gasteiger partial charge in [0.15, 0.2) is 0 Å². The van der Waals surface area contributed by atoms with Crippen molar-refractivity contribution in [3.63, 3.8) is 0 Å². The second-order valence-electron chi connectivity index (χ2n) is 3.65. The van der Waals surface area contributed by atoms with E-state index in [0.29, 0.717) is 17.3 Å². The summed E-state index contributed by atoms with van der Waals surface area (Å²) in [4.78, 5) is 8.20. The van der Waals surface area contributed by atoms with Crippen LogP contribution in [0.4, 0.5) is 11.5 Å². The summed E-state index contributed by atoms with van der Waals surface area (Å²) in [5.41, 5.74) is 1.22. The Morgan fingerprint density at radius 3 is 2.56 bits per heavy atom. The molecule has 0 fully saturated rings. The van der Waals surface area contributed by atoms with E-state index in [-0.39, 0.29) is 0 Å². The molecule has 2 rings (SSSR count). The number of methoxy groups -OCH3 is 1. The highest BCUT2D eigenvalue weighted by Gasteiger charge is 2.02. The SMILES string of the molecule is COc1ccc(Nc2cc(C#N)nc(C)n2)cc1. The predicted octanol–water partition coefficient (Wildman–Crippen LogP) is 2.41. The Labute approximate surface area is 105 Å². The van der Waals surface area contributed by atoms with E-state index >= 15 is 0 Å². The van der Waals surface area contributed by atoms with Crippen molar-refractivity contribution in [2.24, 2.45) is 0 Å². The van der Waals surface area contributed by atoms with Crippen LogP contribution >= 0.6 is 0 Å². The second kappa shape index (κ2) is 5.15. The number of ether oxygens (including phenoxy) is 1. The van der Waals surface area contributed by atoms with Crippen molar-refractivity contribution < 1.29 is 4.74 Å². The highest BCUT2D eigenvalue weighted by atomic mass is 16.5. The van der Waals surface area contributed by atoms with Gasteiger partial charge >= 0.3 is 0 Å². The number of hydrogen-bond acceptors (Lipinski definition) is 5. The molecule has 1 aromatic heterocycles. The first-order chi connectivity index (χ1) is 8.71. The first kappa shape index (κ1) is 11.9. The molecule has 0 radical (unpaired) electrons. The molecule has 0 unspecified atom stereocenters. The van der Waals surface area contributed by atoms with Gasteiger partial charge < -0.3 is 10.1 Å². The number of anilines is 2. The first-order valence-corrected chi connectivity index (χ1v) is 5.38. The Hall–Kier alpha value is -2.61. The average molecular weight is 240 g/mol. The van der Waals surface area contributed by atoms with E-state index in [4.69, 9.17) is 10.00 Å². The first-order valence-electron chi connectivity index (χ1n) is 5.38. The van der Waals surface area contributed by atoms with Crippen LogP contribution in [0.1, 0.15) is 11.5 Å². The normalized spacial score (nSPS) is 9.61. The molecule has 0 aliphatic rings. The molecule has 90 valence electrons. The van der Waals surface area contributed by atoms with Gasteiger partial charge in [-0.05, 0) is 31.2 Å². The zero-order valence-electron chi connectivity index (χ0n) is 10.1. The molecule has 0 amide bonds. The van der Waals surface area contributed by atoms with Gasteiger partial charge in [0.05, 0.1) is 7.11 Å². The van der Waals surface area contributed by atoms with Gasteiger partial charge in [0.1, 0.15) is 29.2 Å². The minimum Gasteiger partial charge on any atom is -0.497 e. The Bertz CT molecular complexity index is 587. The van der Waals surface area contributed by atoms with Gasteiger partial charge in [-0.15, -0.1) is 0 Å². The van der Waals surface area contributed by atoms with Gasteiger partial charge in [-0.2, -0.15) is 5.26 Å². The number of rotatable bonds is 3. The van der Waals surface area contributed by atoms with E-state index < -0.39 is 0 Å². The number of nitrogens with one attached hydrogen (secondary N) is 1. The predicted molar refractivity (Wildman–Crippen MR) is 67.8 cm³/mol. The minimum atomic E-state index is 0.346. The molecule has 1 N–H and O–H groups in total. The third-order valence-corrected chi connectivity index (χ3v) is 2.31. The number of aromatic nitrogens is 2. The topological polar surface area (TPSA) is 70.8 Å². The monoisotopic (exact) mass is 240 g/mol. The Morgan fingerprint density at radius 2 is 1.94 bits per heavy atom. The smallest absolute Gasteiger partial charge is 0.146 e. The van der Waals surface area contributed by atoms with Crippen molar-refractivity contribution >= 4 is 11.5 Å². The molecule has 2 aromatic rings. The summed E-state index contributed by atoms with van der Waals surface area (Å²) in [6.45, 7) is 1.75. The number of nitriles is 1. The summed E-state index contributed by atoms with van der Waals surface area (Å²) in [6, 6.07) is 11.1. The van der Waals surface area contributed by atoms with Crippen LogP contribution in [0.25, 0.3) is 0 Å². The molecule has 0 saturated heterocycles. The maximum atomic E-state index is 8.84. The quantitative estimate of drug-likeness (QED) is 0.892. The number of aryl methyl sites for hydroxylation is 1.